The van der Waals surface area contributed by atoms with Crippen molar-refractivity contribution in [1.29, 1.82) is 0 Å². The summed E-state index contributed by atoms with van der Waals surface area (Å²) < 4.78 is 0. The fourth-order valence-corrected chi connectivity index (χ4v) is 1.87. The van der Waals surface area contributed by atoms with Crippen molar-refractivity contribution in [2.75, 3.05) is 0 Å². The third kappa shape index (κ3) is 3.45. The summed E-state index contributed by atoms with van der Waals surface area (Å²) in [5, 5.41) is 19.0. The lowest BCUT2D eigenvalue weighted by Gasteiger charge is -2.23. The molecule has 1 saturated carbocycles. The van der Waals surface area contributed by atoms with Gasteiger partial charge in [-0.1, -0.05) is 12.8 Å². The van der Waals surface area contributed by atoms with E-state index in [9.17, 15) is 15.0 Å². The van der Waals surface area contributed by atoms with E-state index in [1.807, 2.05) is 0 Å². The van der Waals surface area contributed by atoms with Crippen LogP contribution >= 0.6 is 0 Å². The van der Waals surface area contributed by atoms with E-state index in [-0.39, 0.29) is 23.2 Å². The van der Waals surface area contributed by atoms with Gasteiger partial charge in [0.2, 0.25) is 0 Å². The number of carbonyl (C=O) groups excluding carboxylic acids is 1. The molecule has 0 radical (unpaired) electrons. The molecular weight excluding hydrogens is 206 g/mol. The van der Waals surface area contributed by atoms with E-state index >= 15 is 0 Å². The molecule has 1 rings (SSSR count). The predicted octanol–water partition coefficient (Wildman–Crippen LogP) is 1.78. The Kier molecular flexibility index (Phi) is 4.68. The van der Waals surface area contributed by atoms with Gasteiger partial charge in [0.15, 0.2) is 5.78 Å². The molecule has 2 N–H and O–H groups in total. The topological polar surface area (TPSA) is 69.9 Å². The van der Waals surface area contributed by atoms with Crippen LogP contribution < -0.4 is 0 Å². The van der Waals surface area contributed by atoms with Gasteiger partial charge in [0.25, 0.3) is 0 Å². The Labute approximate surface area is 95.7 Å². The van der Waals surface area contributed by atoms with Crippen LogP contribution in [-0.2, 0) is 4.79 Å². The van der Waals surface area contributed by atoms with Gasteiger partial charge >= 0.3 is 0 Å². The largest absolute Gasteiger partial charge is 0.512 e. The molecule has 90 valence electrons. The first-order valence-corrected chi connectivity index (χ1v) is 5.64. The molecule has 0 spiro atoms. The van der Waals surface area contributed by atoms with Gasteiger partial charge in [-0.25, -0.2) is 0 Å². The van der Waals surface area contributed by atoms with Crippen molar-refractivity contribution in [2.45, 2.75) is 51.7 Å². The van der Waals surface area contributed by atoms with Crippen LogP contribution in [0.4, 0.5) is 0 Å². The molecule has 16 heavy (non-hydrogen) atoms. The van der Waals surface area contributed by atoms with Gasteiger partial charge in [-0.05, 0) is 26.7 Å². The molecule has 0 aliphatic heterocycles. The summed E-state index contributed by atoms with van der Waals surface area (Å²) in [6.45, 7) is 2.85. The number of Topliss-reactive ketones (excluding diaryl/α,β-unsaturated/α-hetero) is 1. The molecule has 0 aromatic carbocycles. The number of nitrogens with zero attached hydrogens (tertiary/aromatic N) is 1. The summed E-state index contributed by atoms with van der Waals surface area (Å²) >= 11 is 0. The summed E-state index contributed by atoms with van der Waals surface area (Å²) in [5.74, 6) is -0.240. The van der Waals surface area contributed by atoms with E-state index in [1.165, 1.54) is 20.1 Å². The van der Waals surface area contributed by atoms with Gasteiger partial charge in [0.05, 0.1) is 17.7 Å². The van der Waals surface area contributed by atoms with Crippen LogP contribution in [-0.4, -0.2) is 34.4 Å². The maximum atomic E-state index is 11.2. The highest BCUT2D eigenvalue weighted by Crippen LogP contribution is 2.21. The maximum Gasteiger partial charge on any atom is 0.164 e. The lowest BCUT2D eigenvalue weighted by molar-refractivity contribution is -0.113. The summed E-state index contributed by atoms with van der Waals surface area (Å²) in [5.41, 5.74) is 0.220. The van der Waals surface area contributed by atoms with Gasteiger partial charge < -0.3 is 10.2 Å². The molecule has 0 saturated heterocycles. The Bertz CT molecular complexity index is 316. The number of aliphatic hydroxyl groups is 2. The van der Waals surface area contributed by atoms with E-state index in [0.717, 1.165) is 25.7 Å². The zero-order valence-electron chi connectivity index (χ0n) is 9.81. The fourth-order valence-electron chi connectivity index (χ4n) is 1.87. The molecule has 2 atom stereocenters. The van der Waals surface area contributed by atoms with Gasteiger partial charge in [0, 0.05) is 6.21 Å². The lowest BCUT2D eigenvalue weighted by atomic mass is 9.93. The Morgan fingerprint density at radius 1 is 1.31 bits per heavy atom. The Morgan fingerprint density at radius 3 is 2.44 bits per heavy atom. The molecular formula is C12H19NO3. The number of ketones is 1. The predicted molar refractivity (Wildman–Crippen MR) is 62.8 cm³/mol. The molecule has 0 bridgehead atoms. The highest BCUT2D eigenvalue weighted by Gasteiger charge is 2.21. The molecule has 4 heteroatoms. The Morgan fingerprint density at radius 2 is 1.94 bits per heavy atom. The van der Waals surface area contributed by atoms with Crippen molar-refractivity contribution in [3.8, 4) is 0 Å². The van der Waals surface area contributed by atoms with Crippen molar-refractivity contribution < 1.29 is 15.0 Å². The third-order valence-electron chi connectivity index (χ3n) is 2.86. The first-order chi connectivity index (χ1) is 7.52. The summed E-state index contributed by atoms with van der Waals surface area (Å²) in [7, 11) is 0. The van der Waals surface area contributed by atoms with E-state index < -0.39 is 6.10 Å². The highest BCUT2D eigenvalue weighted by atomic mass is 16.3. The van der Waals surface area contributed by atoms with Crippen LogP contribution in [0.1, 0.15) is 39.5 Å². The Balaban J connectivity index is 2.71. The zero-order valence-corrected chi connectivity index (χ0v) is 9.81. The number of aliphatic imine (C=N–C) groups is 1. The van der Waals surface area contributed by atoms with Crippen molar-refractivity contribution in [3.63, 3.8) is 0 Å². The monoisotopic (exact) mass is 225 g/mol. The second-order valence-electron chi connectivity index (χ2n) is 4.25. The lowest BCUT2D eigenvalue weighted by Crippen LogP contribution is -2.28. The molecule has 1 aliphatic carbocycles. The first kappa shape index (κ1) is 12.9. The smallest absolute Gasteiger partial charge is 0.164 e. The van der Waals surface area contributed by atoms with E-state index in [4.69, 9.17) is 0 Å². The van der Waals surface area contributed by atoms with Crippen molar-refractivity contribution >= 4 is 12.0 Å². The zero-order chi connectivity index (χ0) is 12.1. The molecule has 4 nitrogen and oxygen atoms in total. The van der Waals surface area contributed by atoms with Gasteiger partial charge in [-0.3, -0.25) is 9.79 Å². The van der Waals surface area contributed by atoms with Crippen LogP contribution in [0.25, 0.3) is 0 Å². The Hall–Kier alpha value is -1.16. The number of hydrogen-bond donors (Lipinski definition) is 2. The average molecular weight is 225 g/mol. The number of allylic oxidation sites excluding steroid dienone is 2. The third-order valence-corrected chi connectivity index (χ3v) is 2.86. The maximum absolute atomic E-state index is 11.2. The van der Waals surface area contributed by atoms with E-state index in [1.54, 1.807) is 0 Å². The van der Waals surface area contributed by atoms with Crippen LogP contribution in [0.5, 0.6) is 0 Å². The molecule has 0 heterocycles. The number of carbonyl (C=O) groups is 1. The van der Waals surface area contributed by atoms with Crippen molar-refractivity contribution in [2.24, 2.45) is 4.99 Å². The quantitative estimate of drug-likeness (QED) is 0.437. The number of rotatable bonds is 3. The average Bonchev–Trinajstić information content (AvgIpc) is 2.20. The van der Waals surface area contributed by atoms with Gasteiger partial charge in [0.1, 0.15) is 5.76 Å². The standard InChI is InChI=1S/C12H19NO3/c1-8(14)10(9(2)15)7-13-11-5-3-4-6-12(11)16/h7,11-12,14,16H,3-6H2,1-2H3/b10-8-,13-7?. The molecule has 1 fully saturated rings. The minimum absolute atomic E-state index is 0.0263. The van der Waals surface area contributed by atoms with E-state index in [0.29, 0.717) is 0 Å². The highest BCUT2D eigenvalue weighted by molar-refractivity contribution is 6.12. The van der Waals surface area contributed by atoms with Crippen molar-refractivity contribution in [3.05, 3.63) is 11.3 Å². The molecule has 0 aromatic heterocycles. The molecule has 1 aliphatic rings. The van der Waals surface area contributed by atoms with Crippen molar-refractivity contribution in [1.82, 2.24) is 0 Å². The number of aliphatic hydroxyl groups excluding tert-OH is 2. The minimum atomic E-state index is -0.419. The summed E-state index contributed by atoms with van der Waals surface area (Å²) in [6.07, 6.45) is 4.65. The van der Waals surface area contributed by atoms with Crippen LogP contribution in [0.2, 0.25) is 0 Å². The summed E-state index contributed by atoms with van der Waals surface area (Å²) in [4.78, 5) is 15.4. The summed E-state index contributed by atoms with van der Waals surface area (Å²) in [6, 6.07) is -0.137. The fraction of sp³-hybridized carbons (Fsp3) is 0.667. The molecule has 2 unspecified atom stereocenters. The van der Waals surface area contributed by atoms with Crippen LogP contribution in [0.15, 0.2) is 16.3 Å². The minimum Gasteiger partial charge on any atom is -0.512 e. The van der Waals surface area contributed by atoms with E-state index in [2.05, 4.69) is 4.99 Å². The number of hydrogen-bond acceptors (Lipinski definition) is 4. The SMILES string of the molecule is CC(=O)/C(C=NC1CCCCC1O)=C(/C)O. The second-order valence-corrected chi connectivity index (χ2v) is 4.25. The normalized spacial score (nSPS) is 27.9. The first-order valence-electron chi connectivity index (χ1n) is 5.64. The molecule has 0 amide bonds. The van der Waals surface area contributed by atoms with Crippen LogP contribution in [0, 0.1) is 0 Å². The second kappa shape index (κ2) is 5.80. The molecule has 0 aromatic rings. The van der Waals surface area contributed by atoms with Gasteiger partial charge in [-0.2, -0.15) is 0 Å². The van der Waals surface area contributed by atoms with Crippen LogP contribution in [0.3, 0.4) is 0 Å². The van der Waals surface area contributed by atoms with Gasteiger partial charge in [-0.15, -0.1) is 0 Å².